The van der Waals surface area contributed by atoms with E-state index in [1.165, 1.54) is 11.0 Å². The lowest BCUT2D eigenvalue weighted by molar-refractivity contribution is -0.0438. The maximum absolute atomic E-state index is 12.8. The Labute approximate surface area is 170 Å². The summed E-state index contributed by atoms with van der Waals surface area (Å²) < 4.78 is 64.1. The van der Waals surface area contributed by atoms with Crippen molar-refractivity contribution in [1.82, 2.24) is 19.7 Å². The Morgan fingerprint density at radius 1 is 1.14 bits per heavy atom. The molecule has 3 rings (SSSR count). The second-order valence-corrected chi connectivity index (χ2v) is 8.42. The van der Waals surface area contributed by atoms with Crippen LogP contribution >= 0.6 is 15.9 Å². The zero-order chi connectivity index (χ0) is 21.2. The number of anilines is 1. The van der Waals surface area contributed by atoms with Gasteiger partial charge in [-0.05, 0) is 29.8 Å². The largest absolute Gasteiger partial charge is 0.503 e. The molecule has 0 spiro atoms. The van der Waals surface area contributed by atoms with Crippen molar-refractivity contribution in [2.75, 3.05) is 5.32 Å². The lowest BCUT2D eigenvalue weighted by Crippen LogP contribution is -2.27. The Morgan fingerprint density at radius 3 is 2.48 bits per heavy atom. The highest BCUT2D eigenvalue weighted by molar-refractivity contribution is 9.10. The number of amides is 1. The average Bonchev–Trinajstić information content (AvgIpc) is 3.09. The van der Waals surface area contributed by atoms with Crippen LogP contribution in [0.1, 0.15) is 15.9 Å². The number of nitrogens with zero attached hydrogens (tertiary/aromatic N) is 4. The molecule has 0 bridgehead atoms. The van der Waals surface area contributed by atoms with E-state index < -0.39 is 31.8 Å². The summed E-state index contributed by atoms with van der Waals surface area (Å²) in [5, 5.41) is 4.79. The molecule has 3 aromatic rings. The molecular weight excluding hydrogens is 479 g/mol. The van der Waals surface area contributed by atoms with Crippen molar-refractivity contribution in [2.24, 2.45) is 0 Å². The molecule has 2 heterocycles. The van der Waals surface area contributed by atoms with Crippen LogP contribution in [-0.4, -0.2) is 39.6 Å². The van der Waals surface area contributed by atoms with Gasteiger partial charge < -0.3 is 0 Å². The number of nitrogens with one attached hydrogen (secondary N) is 1. The van der Waals surface area contributed by atoms with E-state index in [-0.39, 0.29) is 5.95 Å². The Balaban J connectivity index is 1.80. The van der Waals surface area contributed by atoms with E-state index in [4.69, 9.17) is 0 Å². The van der Waals surface area contributed by atoms with Gasteiger partial charge >= 0.3 is 5.51 Å². The third kappa shape index (κ3) is 4.62. The SMILES string of the molecule is O=C(Nc1ncn(Cc2ccc(Br)cc2)n1)c1cccnc1S(=O)(=O)C(F)(F)F. The molecule has 0 aliphatic carbocycles. The van der Waals surface area contributed by atoms with Crippen molar-refractivity contribution in [3.63, 3.8) is 0 Å². The molecule has 8 nitrogen and oxygen atoms in total. The molecule has 1 amide bonds. The third-order valence-corrected chi connectivity index (χ3v) is 5.57. The first kappa shape index (κ1) is 20.9. The first-order valence-corrected chi connectivity index (χ1v) is 10.1. The van der Waals surface area contributed by atoms with Gasteiger partial charge in [-0.1, -0.05) is 28.1 Å². The van der Waals surface area contributed by atoms with Crippen LogP contribution in [0.5, 0.6) is 0 Å². The van der Waals surface area contributed by atoms with E-state index in [9.17, 15) is 26.4 Å². The molecule has 0 unspecified atom stereocenters. The van der Waals surface area contributed by atoms with E-state index in [0.29, 0.717) is 6.54 Å². The number of carbonyl (C=O) groups excluding carboxylic acids is 1. The molecule has 2 aromatic heterocycles. The molecule has 0 aliphatic rings. The Kier molecular flexibility index (Phi) is 5.71. The highest BCUT2D eigenvalue weighted by Gasteiger charge is 2.49. The average molecular weight is 490 g/mol. The summed E-state index contributed by atoms with van der Waals surface area (Å²) in [5.74, 6) is -1.34. The zero-order valence-electron chi connectivity index (χ0n) is 14.3. The van der Waals surface area contributed by atoms with Crippen molar-refractivity contribution in [1.29, 1.82) is 0 Å². The van der Waals surface area contributed by atoms with E-state index in [2.05, 4.69) is 36.3 Å². The Hall–Kier alpha value is -2.80. The number of hydrogen-bond donors (Lipinski definition) is 1. The second-order valence-electron chi connectivity index (χ2n) is 5.65. The van der Waals surface area contributed by atoms with Gasteiger partial charge in [-0.2, -0.15) is 13.2 Å². The number of rotatable bonds is 5. The lowest BCUT2D eigenvalue weighted by Gasteiger charge is -2.10. The first-order chi connectivity index (χ1) is 13.6. The van der Waals surface area contributed by atoms with Crippen molar-refractivity contribution < 1.29 is 26.4 Å². The van der Waals surface area contributed by atoms with Gasteiger partial charge in [0.05, 0.1) is 12.1 Å². The smallest absolute Gasteiger partial charge is 0.289 e. The van der Waals surface area contributed by atoms with Crippen LogP contribution < -0.4 is 5.32 Å². The molecule has 0 saturated heterocycles. The number of halogens is 4. The molecule has 29 heavy (non-hydrogen) atoms. The molecule has 13 heteroatoms. The van der Waals surface area contributed by atoms with Crippen LogP contribution in [0.15, 0.2) is 58.4 Å². The molecule has 0 fully saturated rings. The van der Waals surface area contributed by atoms with Crippen LogP contribution in [0, 0.1) is 0 Å². The maximum Gasteiger partial charge on any atom is 0.503 e. The van der Waals surface area contributed by atoms with E-state index >= 15 is 0 Å². The van der Waals surface area contributed by atoms with Crippen LogP contribution in [-0.2, 0) is 16.4 Å². The molecule has 152 valence electrons. The minimum absolute atomic E-state index is 0.202. The molecular formula is C16H11BrF3N5O3S. The second kappa shape index (κ2) is 7.91. The van der Waals surface area contributed by atoms with Gasteiger partial charge in [-0.3, -0.25) is 10.1 Å². The predicted octanol–water partition coefficient (Wildman–Crippen LogP) is 3.03. The van der Waals surface area contributed by atoms with Crippen molar-refractivity contribution in [3.05, 3.63) is 64.5 Å². The number of alkyl halides is 3. The van der Waals surface area contributed by atoms with E-state index in [1.807, 2.05) is 24.3 Å². The number of hydrogen-bond acceptors (Lipinski definition) is 6. The molecule has 1 aromatic carbocycles. The number of aromatic nitrogens is 4. The summed E-state index contributed by atoms with van der Waals surface area (Å²) in [4.78, 5) is 19.4. The summed E-state index contributed by atoms with van der Waals surface area (Å²) in [5.41, 5.74) is -5.48. The topological polar surface area (TPSA) is 107 Å². The molecule has 0 saturated carbocycles. The van der Waals surface area contributed by atoms with Crippen molar-refractivity contribution in [3.8, 4) is 0 Å². The fourth-order valence-electron chi connectivity index (χ4n) is 2.26. The number of carbonyl (C=O) groups is 1. The van der Waals surface area contributed by atoms with Gasteiger partial charge in [-0.15, -0.1) is 5.10 Å². The van der Waals surface area contributed by atoms with Gasteiger partial charge in [0, 0.05) is 10.7 Å². The fourth-order valence-corrected chi connectivity index (χ4v) is 3.39. The molecule has 0 aliphatic heterocycles. The van der Waals surface area contributed by atoms with E-state index in [1.54, 1.807) is 0 Å². The minimum Gasteiger partial charge on any atom is -0.289 e. The summed E-state index contributed by atoms with van der Waals surface area (Å²) >= 11 is 3.32. The number of pyridine rings is 1. The monoisotopic (exact) mass is 489 g/mol. The minimum atomic E-state index is -5.81. The van der Waals surface area contributed by atoms with Gasteiger partial charge in [0.15, 0.2) is 5.03 Å². The Morgan fingerprint density at radius 2 is 1.83 bits per heavy atom. The van der Waals surface area contributed by atoms with Crippen LogP contribution in [0.4, 0.5) is 19.1 Å². The summed E-state index contributed by atoms with van der Waals surface area (Å²) in [6, 6.07) is 9.41. The summed E-state index contributed by atoms with van der Waals surface area (Å²) in [6.45, 7) is 0.330. The number of sulfone groups is 1. The first-order valence-electron chi connectivity index (χ1n) is 7.79. The predicted molar refractivity (Wildman–Crippen MR) is 98.7 cm³/mol. The van der Waals surface area contributed by atoms with Gasteiger partial charge in [0.2, 0.25) is 5.95 Å². The molecule has 0 atom stereocenters. The van der Waals surface area contributed by atoms with Gasteiger partial charge in [0.25, 0.3) is 15.7 Å². The Bertz CT molecular complexity index is 1150. The van der Waals surface area contributed by atoms with Gasteiger partial charge in [0.1, 0.15) is 6.33 Å². The normalized spacial score (nSPS) is 12.0. The van der Waals surface area contributed by atoms with Crippen LogP contribution in [0.3, 0.4) is 0 Å². The van der Waals surface area contributed by atoms with Crippen LogP contribution in [0.25, 0.3) is 0 Å². The lowest BCUT2D eigenvalue weighted by atomic mass is 10.2. The summed E-state index contributed by atoms with van der Waals surface area (Å²) in [7, 11) is -5.81. The number of benzene rings is 1. The molecule has 1 N–H and O–H groups in total. The van der Waals surface area contributed by atoms with Gasteiger partial charge in [-0.25, -0.2) is 23.1 Å². The quantitative estimate of drug-likeness (QED) is 0.590. The summed E-state index contributed by atoms with van der Waals surface area (Å²) in [6.07, 6.45) is 2.16. The zero-order valence-corrected chi connectivity index (χ0v) is 16.7. The highest BCUT2D eigenvalue weighted by atomic mass is 79.9. The third-order valence-electron chi connectivity index (χ3n) is 3.59. The maximum atomic E-state index is 12.8. The van der Waals surface area contributed by atoms with E-state index in [0.717, 1.165) is 28.4 Å². The highest BCUT2D eigenvalue weighted by Crippen LogP contribution is 2.31. The fraction of sp³-hybridized carbons (Fsp3) is 0.125. The standard InChI is InChI=1S/C16H11BrF3N5O3S/c17-11-5-3-10(4-6-11)8-25-9-22-15(24-25)23-13(26)12-2-1-7-21-14(12)29(27,28)16(18,19)20/h1-7,9H,8H2,(H,23,24,26). The van der Waals surface area contributed by atoms with Crippen LogP contribution in [0.2, 0.25) is 0 Å². The molecule has 0 radical (unpaired) electrons. The van der Waals surface area contributed by atoms with Crippen molar-refractivity contribution in [2.45, 2.75) is 17.1 Å². The van der Waals surface area contributed by atoms with Crippen molar-refractivity contribution >= 4 is 37.6 Å².